The van der Waals surface area contributed by atoms with Gasteiger partial charge >= 0.3 is 12.1 Å². The van der Waals surface area contributed by atoms with E-state index in [0.717, 1.165) is 35.5 Å². The Balaban J connectivity index is 1.90. The van der Waals surface area contributed by atoms with E-state index in [1.165, 1.54) is 6.08 Å². The minimum absolute atomic E-state index is 0.00544. The van der Waals surface area contributed by atoms with Crippen LogP contribution >= 0.6 is 0 Å². The topological polar surface area (TPSA) is 69.2 Å². The van der Waals surface area contributed by atoms with Gasteiger partial charge < -0.3 is 18.7 Å². The molecule has 10 heteroatoms. The van der Waals surface area contributed by atoms with Crippen LogP contribution in [0.1, 0.15) is 43.9 Å². The van der Waals surface area contributed by atoms with Crippen LogP contribution in [0.4, 0.5) is 13.2 Å². The van der Waals surface area contributed by atoms with E-state index in [-0.39, 0.29) is 11.2 Å². The first-order valence-corrected chi connectivity index (χ1v) is 10.3. The molecule has 0 saturated heterocycles. The Morgan fingerprint density at radius 3 is 2.53 bits per heavy atom. The van der Waals surface area contributed by atoms with Crippen LogP contribution in [0.3, 0.4) is 0 Å². The molecule has 0 spiro atoms. The summed E-state index contributed by atoms with van der Waals surface area (Å²) in [5.74, 6) is -0.680. The normalized spacial score (nSPS) is 13.2. The summed E-state index contributed by atoms with van der Waals surface area (Å²) in [5, 5.41) is 3.34. The van der Waals surface area contributed by atoms with Gasteiger partial charge in [0.05, 0.1) is 11.0 Å². The van der Waals surface area contributed by atoms with Crippen LogP contribution in [-0.2, 0) is 24.1 Å². The molecule has 3 aromatic rings. The summed E-state index contributed by atoms with van der Waals surface area (Å²) in [5.41, 5.74) is 2.52. The third kappa shape index (κ3) is 5.95. The molecule has 0 aliphatic carbocycles. The van der Waals surface area contributed by atoms with Crippen molar-refractivity contribution in [2.24, 2.45) is 5.41 Å². The number of fused-ring (bicyclic) bond motifs is 1. The highest BCUT2D eigenvalue weighted by Crippen LogP contribution is 2.28. The van der Waals surface area contributed by atoms with Crippen LogP contribution in [0.2, 0.25) is 0 Å². The number of aromatic nitrogens is 4. The zero-order chi connectivity index (χ0) is 23.5. The van der Waals surface area contributed by atoms with Gasteiger partial charge in [-0.25, -0.2) is 4.98 Å². The molecule has 0 atom stereocenters. The van der Waals surface area contributed by atoms with E-state index >= 15 is 0 Å². The summed E-state index contributed by atoms with van der Waals surface area (Å²) in [6.07, 6.45) is -1.66. The van der Waals surface area contributed by atoms with Crippen LogP contribution in [-0.4, -0.2) is 51.8 Å². The lowest BCUT2D eigenvalue weighted by molar-refractivity contribution is -0.159. The predicted octanol–water partition coefficient (Wildman–Crippen LogP) is 4.73. The maximum absolute atomic E-state index is 12.6. The smallest absolute Gasteiger partial charge is 0.374 e. The summed E-state index contributed by atoms with van der Waals surface area (Å²) in [6, 6.07) is 5.72. The van der Waals surface area contributed by atoms with Crippen molar-refractivity contribution in [1.82, 2.24) is 24.6 Å². The first-order valence-electron chi connectivity index (χ1n) is 10.3. The Morgan fingerprint density at radius 2 is 1.91 bits per heavy atom. The van der Waals surface area contributed by atoms with E-state index in [1.807, 2.05) is 25.1 Å². The molecule has 0 fully saturated rings. The number of imidazole rings is 1. The van der Waals surface area contributed by atoms with Gasteiger partial charge in [0.15, 0.2) is 5.82 Å². The van der Waals surface area contributed by atoms with Crippen LogP contribution in [0.5, 0.6) is 0 Å². The highest BCUT2D eigenvalue weighted by atomic mass is 19.4. The fourth-order valence-electron chi connectivity index (χ4n) is 3.70. The van der Waals surface area contributed by atoms with Gasteiger partial charge in [0.25, 0.3) is 0 Å². The van der Waals surface area contributed by atoms with Gasteiger partial charge in [0.1, 0.15) is 12.4 Å². The summed E-state index contributed by atoms with van der Waals surface area (Å²) < 4.78 is 49.9. The molecule has 3 rings (SSSR count). The highest BCUT2D eigenvalue weighted by molar-refractivity contribution is 5.81. The Morgan fingerprint density at radius 1 is 1.16 bits per heavy atom. The molecule has 0 N–H and O–H groups in total. The van der Waals surface area contributed by atoms with Gasteiger partial charge in [0.2, 0.25) is 0 Å². The molecule has 0 aliphatic rings. The monoisotopic (exact) mass is 451 g/mol. The van der Waals surface area contributed by atoms with Gasteiger partial charge in [-0.3, -0.25) is 0 Å². The molecule has 0 radical (unpaired) electrons. The highest BCUT2D eigenvalue weighted by Gasteiger charge is 2.38. The van der Waals surface area contributed by atoms with E-state index in [0.29, 0.717) is 13.2 Å². The molecule has 2 heterocycles. The van der Waals surface area contributed by atoms with Crippen molar-refractivity contribution in [2.45, 2.75) is 40.1 Å². The molecule has 0 saturated carbocycles. The van der Waals surface area contributed by atoms with Crippen molar-refractivity contribution < 1.29 is 22.4 Å². The van der Waals surface area contributed by atoms with E-state index in [4.69, 9.17) is 9.72 Å². The molecule has 0 amide bonds. The van der Waals surface area contributed by atoms with Gasteiger partial charge in [-0.15, -0.1) is 0 Å². The van der Waals surface area contributed by atoms with Crippen LogP contribution < -0.4 is 0 Å². The van der Waals surface area contributed by atoms with E-state index < -0.39 is 12.1 Å². The molecule has 174 valence electrons. The van der Waals surface area contributed by atoms with Gasteiger partial charge in [-0.1, -0.05) is 31.1 Å². The first-order chi connectivity index (χ1) is 15.0. The average molecular weight is 451 g/mol. The molecule has 0 unspecified atom stereocenters. The molecule has 7 nitrogen and oxygen atoms in total. The Labute approximate surface area is 184 Å². The molecule has 2 aromatic heterocycles. The molecule has 0 bridgehead atoms. The number of hydrogen-bond donors (Lipinski definition) is 0. The first kappa shape index (κ1) is 23.9. The molecule has 32 heavy (non-hydrogen) atoms. The van der Waals surface area contributed by atoms with E-state index in [1.54, 1.807) is 6.08 Å². The summed E-state index contributed by atoms with van der Waals surface area (Å²) in [6.45, 7) is 9.02. The largest absolute Gasteiger partial charge is 0.471 e. The Bertz CT molecular complexity index is 1080. The number of nitrogens with zero attached hydrogens (tertiary/aromatic N) is 5. The SMILES string of the molecule is CCOCc1nc2cc(/C=C/c3noc(C(F)(F)F)n3)ccc2n1CC(C)(C)CN(C)C. The van der Waals surface area contributed by atoms with Crippen molar-refractivity contribution in [3.05, 3.63) is 41.3 Å². The van der Waals surface area contributed by atoms with Crippen LogP contribution in [0, 0.1) is 5.41 Å². The van der Waals surface area contributed by atoms with Crippen LogP contribution in [0.25, 0.3) is 23.2 Å². The molecular weight excluding hydrogens is 423 g/mol. The minimum atomic E-state index is -4.66. The number of ether oxygens (including phenoxy) is 1. The lowest BCUT2D eigenvalue weighted by Gasteiger charge is -2.29. The summed E-state index contributed by atoms with van der Waals surface area (Å²) in [4.78, 5) is 10.3. The van der Waals surface area contributed by atoms with Crippen molar-refractivity contribution >= 4 is 23.2 Å². The standard InChI is InChI=1S/C22H28F3N5O2/c1-6-31-12-19-26-16-11-15(8-10-18-27-20(32-28-18)22(23,24)25)7-9-17(16)30(19)14-21(2,3)13-29(4)5/h7-11H,6,12-14H2,1-5H3/b10-8+. The fourth-order valence-corrected chi connectivity index (χ4v) is 3.70. The molecule has 0 aliphatic heterocycles. The fraction of sp³-hybridized carbons (Fsp3) is 0.500. The number of alkyl halides is 3. The second-order valence-corrected chi connectivity index (χ2v) is 8.69. The van der Waals surface area contributed by atoms with Gasteiger partial charge in [-0.2, -0.15) is 18.2 Å². The lowest BCUT2D eigenvalue weighted by Crippen LogP contribution is -2.32. The maximum atomic E-state index is 12.6. The zero-order valence-corrected chi connectivity index (χ0v) is 18.9. The number of benzene rings is 1. The van der Waals surface area contributed by atoms with E-state index in [9.17, 15) is 13.2 Å². The lowest BCUT2D eigenvalue weighted by atomic mass is 9.92. The number of halogens is 3. The average Bonchev–Trinajstić information content (AvgIpc) is 3.28. The van der Waals surface area contributed by atoms with Gasteiger partial charge in [0, 0.05) is 19.7 Å². The summed E-state index contributed by atoms with van der Waals surface area (Å²) >= 11 is 0. The molecular formula is C22H28F3N5O2. The number of rotatable bonds is 9. The zero-order valence-electron chi connectivity index (χ0n) is 18.9. The van der Waals surface area contributed by atoms with Crippen molar-refractivity contribution in [1.29, 1.82) is 0 Å². The minimum Gasteiger partial charge on any atom is -0.374 e. The van der Waals surface area contributed by atoms with Crippen molar-refractivity contribution in [3.63, 3.8) is 0 Å². The number of hydrogen-bond acceptors (Lipinski definition) is 6. The predicted molar refractivity (Wildman–Crippen MR) is 116 cm³/mol. The Kier molecular flexibility index (Phi) is 7.04. The van der Waals surface area contributed by atoms with Crippen LogP contribution in [0.15, 0.2) is 22.7 Å². The second-order valence-electron chi connectivity index (χ2n) is 8.69. The third-order valence-electron chi connectivity index (χ3n) is 4.73. The maximum Gasteiger partial charge on any atom is 0.471 e. The van der Waals surface area contributed by atoms with Crippen molar-refractivity contribution in [2.75, 3.05) is 27.2 Å². The van der Waals surface area contributed by atoms with Gasteiger partial charge in [-0.05, 0) is 50.2 Å². The van der Waals surface area contributed by atoms with Crippen molar-refractivity contribution in [3.8, 4) is 0 Å². The van der Waals surface area contributed by atoms with E-state index in [2.05, 4.69) is 52.1 Å². The second kappa shape index (κ2) is 9.41. The quantitative estimate of drug-likeness (QED) is 0.468. The Hall–Kier alpha value is -2.72. The molecule has 1 aromatic carbocycles. The third-order valence-corrected chi connectivity index (χ3v) is 4.73. The summed E-state index contributed by atoms with van der Waals surface area (Å²) in [7, 11) is 4.10.